The predicted molar refractivity (Wildman–Crippen MR) is 51.4 cm³/mol. The van der Waals surface area contributed by atoms with Gasteiger partial charge in [-0.3, -0.25) is 5.41 Å². The third kappa shape index (κ3) is 2.81. The lowest BCUT2D eigenvalue weighted by Crippen LogP contribution is -2.37. The average Bonchev–Trinajstić information content (AvgIpc) is 1.81. The van der Waals surface area contributed by atoms with E-state index in [9.17, 15) is 0 Å². The second-order valence-corrected chi connectivity index (χ2v) is 3.69. The van der Waals surface area contributed by atoms with Crippen LogP contribution in [0.5, 0.6) is 0 Å². The molecule has 1 rings (SSSR count). The molecule has 0 aliphatic heterocycles. The molecule has 0 saturated heterocycles. The van der Waals surface area contributed by atoms with Crippen molar-refractivity contribution in [2.24, 2.45) is 5.73 Å². The van der Waals surface area contributed by atoms with E-state index in [0.717, 1.165) is 25.4 Å². The van der Waals surface area contributed by atoms with Gasteiger partial charge in [0.1, 0.15) is 0 Å². The largest absolute Gasteiger partial charge is 0.388 e. The van der Waals surface area contributed by atoms with Crippen LogP contribution in [0.25, 0.3) is 0 Å². The van der Waals surface area contributed by atoms with E-state index in [1.807, 2.05) is 0 Å². The predicted octanol–water partition coefficient (Wildman–Crippen LogP) is 1.19. The van der Waals surface area contributed by atoms with Gasteiger partial charge in [0.2, 0.25) is 0 Å². The monoisotopic (exact) mass is 169 g/mol. The summed E-state index contributed by atoms with van der Waals surface area (Å²) in [6.07, 6.45) is 5.88. The maximum atomic E-state index is 7.06. The Morgan fingerprint density at radius 3 is 2.67 bits per heavy atom. The van der Waals surface area contributed by atoms with Gasteiger partial charge in [-0.05, 0) is 32.9 Å². The molecule has 0 spiro atoms. The summed E-state index contributed by atoms with van der Waals surface area (Å²) in [5, 5.41) is 7.06. The average molecular weight is 169 g/mol. The molecule has 1 saturated carbocycles. The van der Waals surface area contributed by atoms with Crippen LogP contribution in [-0.4, -0.2) is 30.4 Å². The number of hydrogen-bond acceptors (Lipinski definition) is 2. The molecule has 3 heteroatoms. The highest BCUT2D eigenvalue weighted by atomic mass is 15.1. The molecule has 0 heterocycles. The van der Waals surface area contributed by atoms with E-state index in [1.54, 1.807) is 0 Å². The fraction of sp³-hybridized carbons (Fsp3) is 0.889. The lowest BCUT2D eigenvalue weighted by molar-refractivity contribution is 0.159. The van der Waals surface area contributed by atoms with Gasteiger partial charge in [-0.15, -0.1) is 0 Å². The van der Waals surface area contributed by atoms with Crippen LogP contribution in [0.15, 0.2) is 0 Å². The Morgan fingerprint density at radius 1 is 1.58 bits per heavy atom. The van der Waals surface area contributed by atoms with Gasteiger partial charge in [0, 0.05) is 12.5 Å². The van der Waals surface area contributed by atoms with E-state index in [1.165, 1.54) is 19.3 Å². The van der Waals surface area contributed by atoms with Crippen LogP contribution < -0.4 is 5.73 Å². The van der Waals surface area contributed by atoms with Crippen LogP contribution >= 0.6 is 0 Å². The molecular weight excluding hydrogens is 150 g/mol. The van der Waals surface area contributed by atoms with Crippen molar-refractivity contribution in [2.45, 2.75) is 38.1 Å². The maximum absolute atomic E-state index is 7.06. The molecule has 3 N–H and O–H groups in total. The quantitative estimate of drug-likeness (QED) is 0.480. The second-order valence-electron chi connectivity index (χ2n) is 3.69. The van der Waals surface area contributed by atoms with Crippen molar-refractivity contribution in [3.8, 4) is 0 Å². The molecule has 0 atom stereocenters. The molecule has 0 bridgehead atoms. The minimum absolute atomic E-state index is 0.317. The summed E-state index contributed by atoms with van der Waals surface area (Å²) in [5.74, 6) is 0.317. The minimum Gasteiger partial charge on any atom is -0.388 e. The van der Waals surface area contributed by atoms with Crippen LogP contribution in [0.3, 0.4) is 0 Å². The highest BCUT2D eigenvalue weighted by Crippen LogP contribution is 2.23. The van der Waals surface area contributed by atoms with Gasteiger partial charge >= 0.3 is 0 Å². The zero-order valence-electron chi connectivity index (χ0n) is 7.84. The summed E-state index contributed by atoms with van der Waals surface area (Å²) in [4.78, 5) is 2.40. The summed E-state index contributed by atoms with van der Waals surface area (Å²) in [6, 6.07) is 0.817. The molecule has 0 aromatic heterocycles. The third-order valence-electron chi connectivity index (χ3n) is 2.65. The van der Waals surface area contributed by atoms with Gasteiger partial charge in [-0.1, -0.05) is 6.42 Å². The first-order valence-electron chi connectivity index (χ1n) is 4.73. The normalized spacial score (nSPS) is 17.8. The fourth-order valence-corrected chi connectivity index (χ4v) is 1.53. The van der Waals surface area contributed by atoms with Crippen LogP contribution in [0, 0.1) is 5.41 Å². The first-order chi connectivity index (χ1) is 5.70. The Morgan fingerprint density at radius 2 is 2.25 bits per heavy atom. The van der Waals surface area contributed by atoms with Crippen molar-refractivity contribution < 1.29 is 0 Å². The van der Waals surface area contributed by atoms with Crippen molar-refractivity contribution in [3.63, 3.8) is 0 Å². The summed E-state index contributed by atoms with van der Waals surface area (Å²) in [5.41, 5.74) is 5.27. The molecule has 0 unspecified atom stereocenters. The Kier molecular flexibility index (Phi) is 3.53. The molecule has 0 aromatic carbocycles. The molecule has 0 aromatic rings. The van der Waals surface area contributed by atoms with Gasteiger partial charge in [-0.25, -0.2) is 0 Å². The Hall–Kier alpha value is -0.570. The summed E-state index contributed by atoms with van der Waals surface area (Å²) < 4.78 is 0. The number of nitrogens with two attached hydrogens (primary N) is 1. The molecule has 1 aliphatic rings. The van der Waals surface area contributed by atoms with Crippen molar-refractivity contribution in [3.05, 3.63) is 0 Å². The second kappa shape index (κ2) is 4.45. The highest BCUT2D eigenvalue weighted by Gasteiger charge is 2.20. The summed E-state index contributed by atoms with van der Waals surface area (Å²) in [6.45, 7) is 1.09. The van der Waals surface area contributed by atoms with E-state index in [4.69, 9.17) is 11.1 Å². The van der Waals surface area contributed by atoms with E-state index >= 15 is 0 Å². The number of rotatable bonds is 5. The fourth-order valence-electron chi connectivity index (χ4n) is 1.53. The summed E-state index contributed by atoms with van der Waals surface area (Å²) in [7, 11) is 2.17. The van der Waals surface area contributed by atoms with Gasteiger partial charge in [0.15, 0.2) is 0 Å². The molecule has 1 fully saturated rings. The highest BCUT2D eigenvalue weighted by molar-refractivity contribution is 5.76. The molecular formula is C9H19N3. The van der Waals surface area contributed by atoms with E-state index in [2.05, 4.69) is 11.9 Å². The van der Waals surface area contributed by atoms with Crippen molar-refractivity contribution >= 4 is 5.84 Å². The van der Waals surface area contributed by atoms with E-state index < -0.39 is 0 Å². The lowest BCUT2D eigenvalue weighted by Gasteiger charge is -2.34. The van der Waals surface area contributed by atoms with Gasteiger partial charge < -0.3 is 10.6 Å². The smallest absolute Gasteiger partial charge is 0.0905 e. The summed E-state index contributed by atoms with van der Waals surface area (Å²) >= 11 is 0. The van der Waals surface area contributed by atoms with Gasteiger partial charge in [0.05, 0.1) is 5.84 Å². The van der Waals surface area contributed by atoms with Gasteiger partial charge in [0.25, 0.3) is 0 Å². The van der Waals surface area contributed by atoms with Crippen molar-refractivity contribution in [1.82, 2.24) is 4.90 Å². The molecule has 70 valence electrons. The van der Waals surface area contributed by atoms with E-state index in [-0.39, 0.29) is 0 Å². The van der Waals surface area contributed by atoms with Crippen LogP contribution in [-0.2, 0) is 0 Å². The molecule has 1 aliphatic carbocycles. The zero-order valence-corrected chi connectivity index (χ0v) is 7.84. The maximum Gasteiger partial charge on any atom is 0.0905 e. The molecule has 0 radical (unpaired) electrons. The Labute approximate surface area is 74.4 Å². The van der Waals surface area contributed by atoms with Crippen molar-refractivity contribution in [2.75, 3.05) is 13.6 Å². The number of nitrogens with one attached hydrogen (secondary N) is 1. The first-order valence-corrected chi connectivity index (χ1v) is 4.73. The number of amidine groups is 1. The third-order valence-corrected chi connectivity index (χ3v) is 2.65. The van der Waals surface area contributed by atoms with Crippen molar-refractivity contribution in [1.29, 1.82) is 5.41 Å². The zero-order chi connectivity index (χ0) is 8.97. The molecule has 3 nitrogen and oxygen atoms in total. The molecule has 12 heavy (non-hydrogen) atoms. The van der Waals surface area contributed by atoms with Crippen LogP contribution in [0.2, 0.25) is 0 Å². The van der Waals surface area contributed by atoms with Gasteiger partial charge in [-0.2, -0.15) is 0 Å². The van der Waals surface area contributed by atoms with Crippen LogP contribution in [0.4, 0.5) is 0 Å². The minimum atomic E-state index is 0.317. The number of hydrogen-bond donors (Lipinski definition) is 2. The molecule has 0 amide bonds. The first kappa shape index (κ1) is 9.52. The standard InChI is InChI=1S/C9H19N3/c1-12(8-4-2-5-8)7-3-6-9(10)11/h8H,2-7H2,1H3,(H3,10,11). The van der Waals surface area contributed by atoms with Crippen LogP contribution in [0.1, 0.15) is 32.1 Å². The SMILES string of the molecule is CN(CCCC(=N)N)C1CCC1. The Bertz CT molecular complexity index is 152. The Balaban J connectivity index is 2.01. The number of nitrogens with zero attached hydrogens (tertiary/aromatic N) is 1. The van der Waals surface area contributed by atoms with E-state index in [0.29, 0.717) is 5.84 Å². The lowest BCUT2D eigenvalue weighted by atomic mass is 9.92. The topological polar surface area (TPSA) is 53.1 Å².